The van der Waals surface area contributed by atoms with Crippen LogP contribution in [-0.4, -0.2) is 47.6 Å². The molecule has 0 bridgehead atoms. The van der Waals surface area contributed by atoms with Crippen molar-refractivity contribution in [3.8, 4) is 40.0 Å². The number of carbonyl (C=O) groups excluding carboxylic acids is 1. The molecule has 2 N–H and O–H groups in total. The van der Waals surface area contributed by atoms with Crippen molar-refractivity contribution in [2.24, 2.45) is 11.8 Å². The molecular formula is C40H44ClN3O6. The first-order valence-electron chi connectivity index (χ1n) is 17.3. The summed E-state index contributed by atoms with van der Waals surface area (Å²) in [6.45, 7) is 5.06. The monoisotopic (exact) mass is 697 g/mol. The minimum atomic E-state index is -0.814. The van der Waals surface area contributed by atoms with Gasteiger partial charge in [-0.05, 0) is 80.3 Å². The number of carbonyl (C=O) groups is 2. The average Bonchev–Trinajstić information content (AvgIpc) is 3.73. The first kappa shape index (κ1) is 35.4. The molecule has 50 heavy (non-hydrogen) atoms. The third kappa shape index (κ3) is 7.64. The van der Waals surface area contributed by atoms with E-state index in [1.54, 1.807) is 21.1 Å². The maximum atomic E-state index is 11.6. The van der Waals surface area contributed by atoms with Crippen LogP contribution in [0.15, 0.2) is 54.6 Å². The minimum absolute atomic E-state index is 0.193. The molecule has 0 amide bonds. The summed E-state index contributed by atoms with van der Waals surface area (Å²) in [5.74, 6) is 0.983. The lowest BCUT2D eigenvalue weighted by Crippen LogP contribution is -2.21. The predicted octanol–water partition coefficient (Wildman–Crippen LogP) is 7.97. The quantitative estimate of drug-likeness (QED) is 0.135. The van der Waals surface area contributed by atoms with E-state index in [1.165, 1.54) is 5.56 Å². The summed E-state index contributed by atoms with van der Waals surface area (Å²) in [5.41, 5.74) is 8.51. The number of aromatic nitrogens is 2. The van der Waals surface area contributed by atoms with Crippen molar-refractivity contribution < 1.29 is 28.9 Å². The SMILES string of the molecule is COc1nc(-c2cccc(-c3cccc4c3CC[C@@H]4Oc3nc(OC)c(CC[C@@H](C)C(=O)O)cc3C)c2Cl)ccc1CNC[C@@H]1CCC(=O)C1. The van der Waals surface area contributed by atoms with Gasteiger partial charge in [-0.3, -0.25) is 9.59 Å². The Labute approximate surface area is 298 Å². The molecule has 2 aliphatic carbocycles. The normalized spacial score (nSPS) is 17.4. The van der Waals surface area contributed by atoms with E-state index in [4.69, 9.17) is 35.8 Å². The maximum Gasteiger partial charge on any atom is 0.306 e. The number of aliphatic carboxylic acids is 1. The molecule has 0 saturated heterocycles. The Bertz CT molecular complexity index is 1900. The lowest BCUT2D eigenvalue weighted by atomic mass is 9.94. The van der Waals surface area contributed by atoms with E-state index in [0.717, 1.165) is 70.4 Å². The number of ether oxygens (including phenoxy) is 3. The maximum absolute atomic E-state index is 11.6. The topological polar surface area (TPSA) is 120 Å². The van der Waals surface area contributed by atoms with Gasteiger partial charge in [-0.25, -0.2) is 4.98 Å². The lowest BCUT2D eigenvalue weighted by molar-refractivity contribution is -0.141. The molecule has 3 atom stereocenters. The van der Waals surface area contributed by atoms with Crippen molar-refractivity contribution in [3.05, 3.63) is 87.4 Å². The fourth-order valence-corrected chi connectivity index (χ4v) is 7.40. The second kappa shape index (κ2) is 15.6. The van der Waals surface area contributed by atoms with Crippen LogP contribution in [0.5, 0.6) is 17.6 Å². The number of aryl methyl sites for hydroxylation is 2. The third-order valence-corrected chi connectivity index (χ3v) is 10.3. The highest BCUT2D eigenvalue weighted by atomic mass is 35.5. The zero-order valence-corrected chi connectivity index (χ0v) is 29.8. The van der Waals surface area contributed by atoms with E-state index in [1.807, 2.05) is 49.4 Å². The van der Waals surface area contributed by atoms with Crippen LogP contribution in [0.25, 0.3) is 22.4 Å². The van der Waals surface area contributed by atoms with Gasteiger partial charge in [0.05, 0.1) is 30.9 Å². The Hall–Kier alpha value is -4.47. The van der Waals surface area contributed by atoms with Gasteiger partial charge in [0.1, 0.15) is 11.9 Å². The van der Waals surface area contributed by atoms with Crippen LogP contribution in [0, 0.1) is 18.8 Å². The van der Waals surface area contributed by atoms with E-state index < -0.39 is 11.9 Å². The molecule has 1 fully saturated rings. The molecule has 2 aromatic heterocycles. The molecule has 2 aliphatic rings. The number of benzene rings is 2. The average molecular weight is 698 g/mol. The van der Waals surface area contributed by atoms with Gasteiger partial charge in [-0.1, -0.05) is 61.0 Å². The summed E-state index contributed by atoms with van der Waals surface area (Å²) >= 11 is 7.17. The predicted molar refractivity (Wildman–Crippen MR) is 193 cm³/mol. The van der Waals surface area contributed by atoms with E-state index >= 15 is 0 Å². The van der Waals surface area contributed by atoms with Crippen LogP contribution in [0.2, 0.25) is 5.02 Å². The highest BCUT2D eigenvalue weighted by molar-refractivity contribution is 6.36. The van der Waals surface area contributed by atoms with E-state index in [9.17, 15) is 14.7 Å². The second-order valence-electron chi connectivity index (χ2n) is 13.4. The van der Waals surface area contributed by atoms with Crippen LogP contribution < -0.4 is 19.5 Å². The van der Waals surface area contributed by atoms with E-state index in [-0.39, 0.29) is 6.10 Å². The Morgan fingerprint density at radius 1 is 0.960 bits per heavy atom. The standard InChI is InChI=1S/C40H44ClN3O6/c1-23(40(46)47)11-13-26-19-24(2)37(44-38(26)48-3)50-35-18-16-30-29(7-5-8-31(30)35)32-9-6-10-33(36(32)41)34-17-14-27(39(43-34)49-4)22-42-21-25-12-15-28(45)20-25/h5-10,14,17,19,23,25,35,42H,11-13,15-16,18,20-22H2,1-4H3,(H,46,47)/t23-,25-,35+/m1/s1. The number of pyridine rings is 2. The van der Waals surface area contributed by atoms with Gasteiger partial charge in [-0.2, -0.15) is 4.98 Å². The molecule has 0 unspecified atom stereocenters. The van der Waals surface area contributed by atoms with Gasteiger partial charge in [-0.15, -0.1) is 0 Å². The first-order chi connectivity index (χ1) is 24.2. The lowest BCUT2D eigenvalue weighted by Gasteiger charge is -2.19. The number of hydrogen-bond donors (Lipinski definition) is 2. The molecule has 0 spiro atoms. The van der Waals surface area contributed by atoms with Crippen LogP contribution in [0.1, 0.15) is 72.9 Å². The molecule has 10 heteroatoms. The van der Waals surface area contributed by atoms with E-state index in [2.05, 4.69) is 17.4 Å². The molecule has 0 radical (unpaired) electrons. The van der Waals surface area contributed by atoms with Crippen LogP contribution in [-0.2, 0) is 29.0 Å². The van der Waals surface area contributed by atoms with Gasteiger partial charge in [0.15, 0.2) is 0 Å². The van der Waals surface area contributed by atoms with Crippen molar-refractivity contribution in [3.63, 3.8) is 0 Å². The molecule has 2 aromatic carbocycles. The molecule has 9 nitrogen and oxygen atoms in total. The Balaban J connectivity index is 1.21. The summed E-state index contributed by atoms with van der Waals surface area (Å²) < 4.78 is 17.8. The van der Waals surface area contributed by atoms with Gasteiger partial charge in [0, 0.05) is 47.2 Å². The number of fused-ring (bicyclic) bond motifs is 1. The number of Topliss-reactive ketones (excluding diaryl/α,β-unsaturated/α-hetero) is 1. The van der Waals surface area contributed by atoms with E-state index in [0.29, 0.717) is 66.6 Å². The van der Waals surface area contributed by atoms with Gasteiger partial charge in [0.2, 0.25) is 17.6 Å². The number of methoxy groups -OCH3 is 2. The largest absolute Gasteiger partial charge is 0.481 e. The highest BCUT2D eigenvalue weighted by Gasteiger charge is 2.29. The number of hydrogen-bond acceptors (Lipinski definition) is 8. The van der Waals surface area contributed by atoms with Gasteiger partial charge in [0.25, 0.3) is 0 Å². The van der Waals surface area contributed by atoms with Crippen molar-refractivity contribution in [2.45, 2.75) is 71.4 Å². The summed E-state index contributed by atoms with van der Waals surface area (Å²) in [6, 6.07) is 18.3. The Morgan fingerprint density at radius 3 is 2.44 bits per heavy atom. The van der Waals surface area contributed by atoms with Crippen molar-refractivity contribution in [1.82, 2.24) is 15.3 Å². The molecule has 4 aromatic rings. The zero-order chi connectivity index (χ0) is 35.4. The number of ketones is 1. The molecule has 0 aliphatic heterocycles. The Kier molecular flexibility index (Phi) is 11.0. The summed E-state index contributed by atoms with van der Waals surface area (Å²) in [4.78, 5) is 32.5. The summed E-state index contributed by atoms with van der Waals surface area (Å²) in [5, 5.41) is 13.4. The fraction of sp³-hybridized carbons (Fsp3) is 0.400. The van der Waals surface area contributed by atoms with Crippen molar-refractivity contribution >= 4 is 23.4 Å². The highest BCUT2D eigenvalue weighted by Crippen LogP contribution is 2.44. The number of carboxylic acid groups (broad SMARTS) is 1. The van der Waals surface area contributed by atoms with Crippen molar-refractivity contribution in [1.29, 1.82) is 0 Å². The molecule has 6 rings (SSSR count). The number of halogens is 1. The first-order valence-corrected chi connectivity index (χ1v) is 17.7. The Morgan fingerprint density at radius 2 is 1.70 bits per heavy atom. The zero-order valence-electron chi connectivity index (χ0n) is 29.1. The van der Waals surface area contributed by atoms with Crippen LogP contribution in [0.4, 0.5) is 0 Å². The second-order valence-corrected chi connectivity index (χ2v) is 13.8. The molecule has 1 saturated carbocycles. The van der Waals surface area contributed by atoms with Gasteiger partial charge >= 0.3 is 5.97 Å². The summed E-state index contributed by atoms with van der Waals surface area (Å²) in [7, 11) is 3.19. The smallest absolute Gasteiger partial charge is 0.306 e. The third-order valence-electron chi connectivity index (χ3n) is 9.93. The number of rotatable bonds is 14. The van der Waals surface area contributed by atoms with Crippen LogP contribution in [0.3, 0.4) is 0 Å². The molecular weight excluding hydrogens is 654 g/mol. The number of carboxylic acids is 1. The minimum Gasteiger partial charge on any atom is -0.481 e. The molecule has 262 valence electrons. The summed E-state index contributed by atoms with van der Waals surface area (Å²) in [6.07, 6.45) is 4.76. The molecule has 2 heterocycles. The number of nitrogens with zero attached hydrogens (tertiary/aromatic N) is 2. The van der Waals surface area contributed by atoms with Gasteiger partial charge < -0.3 is 24.6 Å². The van der Waals surface area contributed by atoms with Crippen molar-refractivity contribution in [2.75, 3.05) is 20.8 Å². The van der Waals surface area contributed by atoms with Crippen LogP contribution >= 0.6 is 11.6 Å². The fourth-order valence-electron chi connectivity index (χ4n) is 7.08. The number of nitrogens with one attached hydrogen (secondary N) is 1.